The monoisotopic (exact) mass is 419 g/mol. The standard InChI is InChI=1S/C29H29N3/c1-5-6-9-12-22(3)30-23(4)31-24-16-18-29-27(20-24)26-19-21(2)15-17-28(26)32(29)25-13-10-7-8-11-14-25/h5-10,12-19,24H,1,20H2,2-4H3,(H,30,31)/b9-6-,22-12+. The number of allylic oxidation sites excluding steroid dienone is 10. The molecule has 0 fully saturated rings. The van der Waals surface area contributed by atoms with Gasteiger partial charge in [-0.05, 0) is 62.8 Å². The number of nitrogens with zero attached hydrogens (tertiary/aromatic N) is 2. The number of aryl methyl sites for hydroxylation is 1. The highest BCUT2D eigenvalue weighted by molar-refractivity contribution is 5.94. The molecule has 1 unspecified atom stereocenters. The SMILES string of the molecule is C=C/C=C\C=C(/C)NC(C)=NC1C=Cc2c(c3cc(C)ccc3n2C2=CC=CC=C=C2)C1. The van der Waals surface area contributed by atoms with Gasteiger partial charge in [0.1, 0.15) is 0 Å². The topological polar surface area (TPSA) is 29.3 Å². The fourth-order valence-corrected chi connectivity index (χ4v) is 4.20. The number of aromatic nitrogens is 1. The van der Waals surface area contributed by atoms with Gasteiger partial charge in [0.15, 0.2) is 0 Å². The van der Waals surface area contributed by atoms with Crippen molar-refractivity contribution >= 4 is 28.5 Å². The molecule has 3 nitrogen and oxygen atoms in total. The van der Waals surface area contributed by atoms with Crippen molar-refractivity contribution in [2.24, 2.45) is 4.99 Å². The van der Waals surface area contributed by atoms with Crippen LogP contribution in [0.15, 0.2) is 102 Å². The maximum atomic E-state index is 4.94. The molecule has 0 aliphatic heterocycles. The summed E-state index contributed by atoms with van der Waals surface area (Å²) in [6.07, 6.45) is 23.1. The van der Waals surface area contributed by atoms with E-state index in [9.17, 15) is 0 Å². The Labute approximate surface area is 190 Å². The van der Waals surface area contributed by atoms with Crippen molar-refractivity contribution < 1.29 is 0 Å². The molecule has 4 rings (SSSR count). The third-order valence-electron chi connectivity index (χ3n) is 5.55. The van der Waals surface area contributed by atoms with Crippen LogP contribution in [0.5, 0.6) is 0 Å². The highest BCUT2D eigenvalue weighted by Gasteiger charge is 2.23. The van der Waals surface area contributed by atoms with Crippen molar-refractivity contribution in [3.63, 3.8) is 0 Å². The van der Waals surface area contributed by atoms with Gasteiger partial charge in [0.2, 0.25) is 0 Å². The lowest BCUT2D eigenvalue weighted by molar-refractivity contribution is 0.796. The first-order valence-corrected chi connectivity index (χ1v) is 11.0. The Balaban J connectivity index is 1.69. The van der Waals surface area contributed by atoms with E-state index in [1.54, 1.807) is 6.08 Å². The van der Waals surface area contributed by atoms with Crippen LogP contribution in [-0.2, 0) is 6.42 Å². The predicted octanol–water partition coefficient (Wildman–Crippen LogP) is 6.66. The summed E-state index contributed by atoms with van der Waals surface area (Å²) in [5.41, 5.74) is 10.5. The number of hydrogen-bond donors (Lipinski definition) is 1. The minimum atomic E-state index is 0.101. The molecule has 0 spiro atoms. The molecule has 0 radical (unpaired) electrons. The van der Waals surface area contributed by atoms with E-state index in [0.717, 1.165) is 23.7 Å². The molecular formula is C29H29N3. The van der Waals surface area contributed by atoms with Crippen molar-refractivity contribution in [1.29, 1.82) is 0 Å². The first kappa shape index (κ1) is 21.4. The summed E-state index contributed by atoms with van der Waals surface area (Å²) in [4.78, 5) is 4.94. The van der Waals surface area contributed by atoms with E-state index in [1.807, 2.05) is 50.3 Å². The lowest BCUT2D eigenvalue weighted by Gasteiger charge is -2.17. The van der Waals surface area contributed by atoms with E-state index < -0.39 is 0 Å². The summed E-state index contributed by atoms with van der Waals surface area (Å²) in [5.74, 6) is 0.911. The highest BCUT2D eigenvalue weighted by Crippen LogP contribution is 2.35. The van der Waals surface area contributed by atoms with Crippen LogP contribution in [0.1, 0.15) is 30.7 Å². The molecule has 3 heteroatoms. The van der Waals surface area contributed by atoms with Crippen LogP contribution in [-0.4, -0.2) is 16.4 Å². The third-order valence-corrected chi connectivity index (χ3v) is 5.55. The lowest BCUT2D eigenvalue weighted by atomic mass is 9.96. The Morgan fingerprint density at radius 1 is 1.25 bits per heavy atom. The van der Waals surface area contributed by atoms with Gasteiger partial charge in [-0.25, -0.2) is 0 Å². The van der Waals surface area contributed by atoms with Crippen LogP contribution in [0.2, 0.25) is 0 Å². The van der Waals surface area contributed by atoms with E-state index in [-0.39, 0.29) is 6.04 Å². The van der Waals surface area contributed by atoms with Crippen molar-refractivity contribution in [2.45, 2.75) is 33.2 Å². The maximum absolute atomic E-state index is 4.94. The number of benzene rings is 1. The lowest BCUT2D eigenvalue weighted by Crippen LogP contribution is -2.22. The van der Waals surface area contributed by atoms with Gasteiger partial charge in [0.05, 0.1) is 23.1 Å². The molecule has 0 saturated heterocycles. The molecule has 32 heavy (non-hydrogen) atoms. The molecule has 1 N–H and O–H groups in total. The fourth-order valence-electron chi connectivity index (χ4n) is 4.20. The molecule has 0 saturated carbocycles. The van der Waals surface area contributed by atoms with Crippen LogP contribution in [0.3, 0.4) is 0 Å². The number of hydrogen-bond acceptors (Lipinski definition) is 1. The maximum Gasteiger partial charge on any atom is 0.0980 e. The zero-order chi connectivity index (χ0) is 22.5. The van der Waals surface area contributed by atoms with Gasteiger partial charge < -0.3 is 9.88 Å². The van der Waals surface area contributed by atoms with Crippen LogP contribution in [0.25, 0.3) is 22.7 Å². The highest BCUT2D eigenvalue weighted by atomic mass is 15.0. The Morgan fingerprint density at radius 3 is 2.97 bits per heavy atom. The molecule has 1 aromatic carbocycles. The first-order chi connectivity index (χ1) is 15.6. The number of rotatable bonds is 5. The predicted molar refractivity (Wildman–Crippen MR) is 139 cm³/mol. The molecule has 2 aromatic rings. The number of aliphatic imine (C=N–C) groups is 1. The van der Waals surface area contributed by atoms with E-state index in [2.05, 4.69) is 71.6 Å². The van der Waals surface area contributed by atoms with Gasteiger partial charge in [-0.15, -0.1) is 5.73 Å². The normalized spacial score (nSPS) is 18.2. The van der Waals surface area contributed by atoms with Gasteiger partial charge in [0.25, 0.3) is 0 Å². The summed E-state index contributed by atoms with van der Waals surface area (Å²) < 4.78 is 2.33. The zero-order valence-corrected chi connectivity index (χ0v) is 19.0. The second-order valence-electron chi connectivity index (χ2n) is 8.11. The molecule has 1 atom stereocenters. The van der Waals surface area contributed by atoms with Crippen LogP contribution in [0, 0.1) is 6.92 Å². The fraction of sp³-hybridized carbons (Fsp3) is 0.172. The molecule has 160 valence electrons. The first-order valence-electron chi connectivity index (χ1n) is 11.0. The van der Waals surface area contributed by atoms with E-state index >= 15 is 0 Å². The van der Waals surface area contributed by atoms with Crippen molar-refractivity contribution in [3.05, 3.63) is 114 Å². The summed E-state index contributed by atoms with van der Waals surface area (Å²) in [6, 6.07) is 6.80. The van der Waals surface area contributed by atoms with Crippen molar-refractivity contribution in [2.75, 3.05) is 0 Å². The zero-order valence-electron chi connectivity index (χ0n) is 19.0. The van der Waals surface area contributed by atoms with Crippen molar-refractivity contribution in [3.8, 4) is 0 Å². The van der Waals surface area contributed by atoms with Gasteiger partial charge in [-0.1, -0.05) is 54.7 Å². The largest absolute Gasteiger partial charge is 0.348 e. The van der Waals surface area contributed by atoms with Crippen LogP contribution >= 0.6 is 0 Å². The number of fused-ring (bicyclic) bond motifs is 3. The smallest absolute Gasteiger partial charge is 0.0980 e. The van der Waals surface area contributed by atoms with E-state index in [0.29, 0.717) is 0 Å². The molecule has 0 bridgehead atoms. The Morgan fingerprint density at radius 2 is 2.12 bits per heavy atom. The van der Waals surface area contributed by atoms with E-state index in [1.165, 1.54) is 27.7 Å². The molecule has 2 aliphatic rings. The second-order valence-corrected chi connectivity index (χ2v) is 8.11. The third kappa shape index (κ3) is 4.59. The van der Waals surface area contributed by atoms with E-state index in [4.69, 9.17) is 4.99 Å². The average Bonchev–Trinajstić information content (AvgIpc) is 2.91. The summed E-state index contributed by atoms with van der Waals surface area (Å²) in [7, 11) is 0. The molecule has 1 aromatic heterocycles. The van der Waals surface area contributed by atoms with Gasteiger partial charge in [-0.3, -0.25) is 4.99 Å². The van der Waals surface area contributed by atoms with Gasteiger partial charge >= 0.3 is 0 Å². The molecule has 1 heterocycles. The molecule has 0 amide bonds. The number of amidine groups is 1. The minimum absolute atomic E-state index is 0.101. The molecule has 2 aliphatic carbocycles. The average molecular weight is 420 g/mol. The van der Waals surface area contributed by atoms with Crippen molar-refractivity contribution in [1.82, 2.24) is 9.88 Å². The Bertz CT molecular complexity index is 1300. The Hall–Kier alpha value is -3.81. The number of nitrogens with one attached hydrogen (secondary N) is 1. The summed E-state index contributed by atoms with van der Waals surface area (Å²) in [5, 5.41) is 4.67. The van der Waals surface area contributed by atoms with Crippen LogP contribution < -0.4 is 5.32 Å². The minimum Gasteiger partial charge on any atom is -0.348 e. The Kier molecular flexibility index (Phi) is 6.39. The summed E-state index contributed by atoms with van der Waals surface area (Å²) >= 11 is 0. The summed E-state index contributed by atoms with van der Waals surface area (Å²) in [6.45, 7) is 9.90. The van der Waals surface area contributed by atoms with Gasteiger partial charge in [-0.2, -0.15) is 0 Å². The second kappa shape index (κ2) is 9.55. The van der Waals surface area contributed by atoms with Crippen LogP contribution in [0.4, 0.5) is 0 Å². The molecular weight excluding hydrogens is 390 g/mol. The van der Waals surface area contributed by atoms with Gasteiger partial charge in [0, 0.05) is 29.3 Å². The quantitative estimate of drug-likeness (QED) is 0.250.